The molecule has 2 unspecified atom stereocenters. The molecule has 5 atom stereocenters. The molecule has 2 bridgehead atoms. The Bertz CT molecular complexity index is 1370. The number of Topliss-reactive ketones (excluding diaryl/α,β-unsaturated/α-hetero) is 1. The monoisotopic (exact) mass is 580 g/mol. The van der Waals surface area contributed by atoms with Crippen LogP contribution in [0.5, 0.6) is 0 Å². The second-order valence-corrected chi connectivity index (χ2v) is 11.3. The van der Waals surface area contributed by atoms with E-state index in [1.54, 1.807) is 12.1 Å². The lowest BCUT2D eigenvalue weighted by molar-refractivity contribution is -0.156. The van der Waals surface area contributed by atoms with Gasteiger partial charge in [0.2, 0.25) is 5.91 Å². The van der Waals surface area contributed by atoms with Gasteiger partial charge in [-0.25, -0.2) is 4.98 Å². The zero-order valence-corrected chi connectivity index (χ0v) is 24.0. The molecule has 13 heteroatoms. The maximum Gasteiger partial charge on any atom is 0.499 e. The summed E-state index contributed by atoms with van der Waals surface area (Å²) in [4.78, 5) is 69.0. The van der Waals surface area contributed by atoms with Gasteiger partial charge >= 0.3 is 6.75 Å². The number of hydrogen-bond acceptors (Lipinski definition) is 10. The average molecular weight is 580 g/mol. The fourth-order valence-electron chi connectivity index (χ4n) is 5.48. The molecule has 1 aromatic heterocycles. The minimum Gasteiger partial charge on any atom is -0.633 e. The van der Waals surface area contributed by atoms with Crippen molar-refractivity contribution in [1.82, 2.24) is 15.6 Å². The highest BCUT2D eigenvalue weighted by molar-refractivity contribution is 6.68. The molecule has 2 fully saturated rings. The fraction of sp³-hybridized carbons (Fsp3) is 0.448. The Kier molecular flexibility index (Phi) is 9.12. The number of nitrogens with one attached hydrogen (secondary N) is 2. The van der Waals surface area contributed by atoms with Crippen LogP contribution in [0.4, 0.5) is 0 Å². The van der Waals surface area contributed by atoms with Gasteiger partial charge < -0.3 is 29.7 Å². The molecule has 2 saturated heterocycles. The lowest BCUT2D eigenvalue weighted by Crippen LogP contribution is -2.57. The van der Waals surface area contributed by atoms with Gasteiger partial charge in [0, 0.05) is 12.6 Å². The number of amides is 2. The Morgan fingerprint density at radius 3 is 2.40 bits per heavy atom. The van der Waals surface area contributed by atoms with Crippen molar-refractivity contribution in [1.29, 1.82) is 0 Å². The molecule has 2 aromatic rings. The number of aliphatic hydroxyl groups excluding tert-OH is 1. The van der Waals surface area contributed by atoms with Crippen molar-refractivity contribution < 1.29 is 43.0 Å². The van der Waals surface area contributed by atoms with Crippen LogP contribution in [0.15, 0.2) is 48.5 Å². The van der Waals surface area contributed by atoms with E-state index in [9.17, 15) is 29.1 Å². The number of ketones is 1. The van der Waals surface area contributed by atoms with Gasteiger partial charge in [0.05, 0.1) is 24.6 Å². The minimum atomic E-state index is -3.10. The average Bonchev–Trinajstić information content (AvgIpc) is 3.15. The van der Waals surface area contributed by atoms with Gasteiger partial charge in [-0.05, 0) is 31.4 Å². The summed E-state index contributed by atoms with van der Waals surface area (Å²) in [7, 11) is 1.39. The van der Waals surface area contributed by atoms with Crippen LogP contribution in [-0.2, 0) is 33.1 Å². The zero-order valence-electron chi connectivity index (χ0n) is 24.0. The van der Waals surface area contributed by atoms with Crippen LogP contribution in [0.25, 0.3) is 11.3 Å². The molecule has 0 aliphatic carbocycles. The van der Waals surface area contributed by atoms with Gasteiger partial charge in [0.1, 0.15) is 17.3 Å². The third kappa shape index (κ3) is 6.52. The summed E-state index contributed by atoms with van der Waals surface area (Å²) in [5, 5.41) is 15.5. The third-order valence-corrected chi connectivity index (χ3v) is 7.47. The predicted octanol–water partition coefficient (Wildman–Crippen LogP) is 1.94. The first-order valence-corrected chi connectivity index (χ1v) is 13.9. The summed E-state index contributed by atoms with van der Waals surface area (Å²) < 4.78 is 17.1. The smallest absolute Gasteiger partial charge is 0.499 e. The number of rotatable bonds is 12. The second kappa shape index (κ2) is 12.4. The number of benzene rings is 1. The molecule has 224 valence electrons. The van der Waals surface area contributed by atoms with Gasteiger partial charge in [-0.3, -0.25) is 24.0 Å². The van der Waals surface area contributed by atoms with E-state index in [4.69, 9.17) is 14.0 Å². The SMILES string of the molecule is CNC(=O)C[C@@]12CC(=O)O[B-](C(CC(=O)[C@@H](NC(=O)c3cccc(-c4ccccc4)n3)[C@@H](C)O)CC(C)C)(OC1=O)O2. The molecular weight excluding hydrogens is 545 g/mol. The molecule has 12 nitrogen and oxygen atoms in total. The van der Waals surface area contributed by atoms with Crippen LogP contribution in [0.1, 0.15) is 56.9 Å². The molecule has 3 N–H and O–H groups in total. The Hall–Kier alpha value is -4.10. The molecule has 1 aromatic carbocycles. The number of aromatic nitrogens is 1. The van der Waals surface area contributed by atoms with Crippen LogP contribution in [0, 0.1) is 5.92 Å². The van der Waals surface area contributed by atoms with Crippen molar-refractivity contribution >= 4 is 36.3 Å². The molecule has 2 amide bonds. The van der Waals surface area contributed by atoms with E-state index >= 15 is 0 Å². The topological polar surface area (TPSA) is 170 Å². The summed E-state index contributed by atoms with van der Waals surface area (Å²) in [5.74, 6) is -4.50. The zero-order chi connectivity index (χ0) is 30.7. The van der Waals surface area contributed by atoms with Crippen molar-refractivity contribution in [3.8, 4) is 11.3 Å². The molecular formula is C29H35BN3O9-. The van der Waals surface area contributed by atoms with E-state index < -0.39 is 72.7 Å². The Labute approximate surface area is 243 Å². The molecule has 0 radical (unpaired) electrons. The molecule has 2 aliphatic rings. The summed E-state index contributed by atoms with van der Waals surface area (Å²) in [5.41, 5.74) is -0.457. The molecule has 2 aliphatic heterocycles. The summed E-state index contributed by atoms with van der Waals surface area (Å²) in [6.07, 6.45) is -2.38. The number of nitrogens with zero attached hydrogens (tertiary/aromatic N) is 1. The lowest BCUT2D eigenvalue weighted by Gasteiger charge is -2.46. The first-order valence-electron chi connectivity index (χ1n) is 13.9. The maximum absolute atomic E-state index is 13.6. The maximum atomic E-state index is 13.6. The first kappa shape index (κ1) is 30.9. The van der Waals surface area contributed by atoms with E-state index in [0.29, 0.717) is 5.69 Å². The predicted molar refractivity (Wildman–Crippen MR) is 150 cm³/mol. The highest BCUT2D eigenvalue weighted by Gasteiger charge is 2.64. The van der Waals surface area contributed by atoms with Crippen molar-refractivity contribution in [3.63, 3.8) is 0 Å². The summed E-state index contributed by atoms with van der Waals surface area (Å²) in [6.45, 7) is 1.99. The molecule has 0 spiro atoms. The van der Waals surface area contributed by atoms with Crippen LogP contribution >= 0.6 is 0 Å². The Morgan fingerprint density at radius 2 is 1.76 bits per heavy atom. The number of carbonyl (C=O) groups excluding carboxylic acids is 5. The number of carbonyl (C=O) groups is 5. The van der Waals surface area contributed by atoms with Gasteiger partial charge in [-0.15, -0.1) is 0 Å². The van der Waals surface area contributed by atoms with Gasteiger partial charge in [-0.2, -0.15) is 0 Å². The largest absolute Gasteiger partial charge is 0.633 e. The van der Waals surface area contributed by atoms with Crippen LogP contribution in [-0.4, -0.2) is 71.2 Å². The van der Waals surface area contributed by atoms with Crippen molar-refractivity contribution in [3.05, 3.63) is 54.2 Å². The Morgan fingerprint density at radius 1 is 1.05 bits per heavy atom. The minimum absolute atomic E-state index is 0.0459. The van der Waals surface area contributed by atoms with Crippen molar-refractivity contribution in [2.24, 2.45) is 5.92 Å². The van der Waals surface area contributed by atoms with E-state index in [1.807, 2.05) is 44.2 Å². The normalized spacial score (nSPS) is 23.4. The van der Waals surface area contributed by atoms with E-state index in [2.05, 4.69) is 15.6 Å². The van der Waals surface area contributed by atoms with E-state index in [1.165, 1.54) is 20.0 Å². The van der Waals surface area contributed by atoms with Gasteiger partial charge in [0.15, 0.2) is 5.78 Å². The highest BCUT2D eigenvalue weighted by Crippen LogP contribution is 2.48. The fourth-order valence-corrected chi connectivity index (χ4v) is 5.48. The number of aliphatic hydroxyl groups is 1. The molecule has 42 heavy (non-hydrogen) atoms. The van der Waals surface area contributed by atoms with Crippen LogP contribution in [0.2, 0.25) is 5.82 Å². The molecule has 4 rings (SSSR count). The first-order chi connectivity index (χ1) is 19.9. The molecule has 0 saturated carbocycles. The Balaban J connectivity index is 1.56. The van der Waals surface area contributed by atoms with Gasteiger partial charge in [-0.1, -0.05) is 62.5 Å². The number of hydrogen-bond donors (Lipinski definition) is 3. The second-order valence-electron chi connectivity index (χ2n) is 11.3. The van der Waals surface area contributed by atoms with E-state index in [0.717, 1.165) is 5.56 Å². The van der Waals surface area contributed by atoms with E-state index in [-0.39, 0.29) is 24.5 Å². The quantitative estimate of drug-likeness (QED) is 0.315. The summed E-state index contributed by atoms with van der Waals surface area (Å²) in [6, 6.07) is 12.8. The lowest BCUT2D eigenvalue weighted by atomic mass is 9.57. The summed E-state index contributed by atoms with van der Waals surface area (Å²) >= 11 is 0. The van der Waals surface area contributed by atoms with Crippen LogP contribution < -0.4 is 10.6 Å². The highest BCUT2D eigenvalue weighted by atomic mass is 16.8. The van der Waals surface area contributed by atoms with Gasteiger partial charge in [0.25, 0.3) is 17.8 Å². The number of fused-ring (bicyclic) bond motifs is 2. The molecule has 3 heterocycles. The standard InChI is InChI=1S/C29H35BN3O9/c1-17(2)13-20(30-40-25(37)16-29(42-30,28(39)41-30)15-24(36)31-4)14-23(35)26(18(3)34)33-27(38)22-12-8-11-21(32-22)19-9-6-5-7-10-19/h5-12,17-18,20,26,34H,13-16H2,1-4H3,(H,31,36)(H,33,38)/q-1/t18-,20?,26+,29-,30?/m1/s1. The van der Waals surface area contributed by atoms with Crippen molar-refractivity contribution in [2.75, 3.05) is 7.05 Å². The third-order valence-electron chi connectivity index (χ3n) is 7.47. The van der Waals surface area contributed by atoms with Crippen LogP contribution in [0.3, 0.4) is 0 Å². The number of pyridine rings is 1. The van der Waals surface area contributed by atoms with Crippen molar-refractivity contribution in [2.45, 2.75) is 70.0 Å².